The summed E-state index contributed by atoms with van der Waals surface area (Å²) in [6.07, 6.45) is -0.371. The second-order valence-corrected chi connectivity index (χ2v) is 11.1. The zero-order valence-electron chi connectivity index (χ0n) is 16.0. The molecular weight excluding hydrogens is 443 g/mol. The highest BCUT2D eigenvalue weighted by atomic mass is 32.0. The van der Waals surface area contributed by atoms with Crippen LogP contribution in [0, 0.1) is 0 Å². The molecule has 9 atom stereocenters. The number of likely N-dealkylation sites (N-methyl/N-ethyl adjacent to an activating group) is 1. The SMILES string of the molecule is CN(PP)[C@@H](Cc1ccccc1)[C@@H](O)[C@H](O)[C@H](Cc1ccccc1)N(P)PP. The first-order valence-electron chi connectivity index (χ1n) is 9.11. The molecule has 154 valence electrons. The smallest absolute Gasteiger partial charge is 0.0979 e. The highest BCUT2D eigenvalue weighted by Crippen LogP contribution is 2.37. The van der Waals surface area contributed by atoms with Gasteiger partial charge in [-0.3, -0.25) is 9.11 Å². The second-order valence-electron chi connectivity index (χ2n) is 6.77. The fourth-order valence-corrected chi connectivity index (χ4v) is 5.53. The summed E-state index contributed by atoms with van der Waals surface area (Å²) < 4.78 is 4.15. The van der Waals surface area contributed by atoms with Gasteiger partial charge in [0.05, 0.1) is 12.2 Å². The van der Waals surface area contributed by atoms with Crippen LogP contribution in [0.15, 0.2) is 60.7 Å². The first kappa shape index (κ1) is 24.7. The summed E-state index contributed by atoms with van der Waals surface area (Å²) in [6.45, 7) is 0. The highest BCUT2D eigenvalue weighted by Gasteiger charge is 2.35. The minimum atomic E-state index is -0.872. The largest absolute Gasteiger partial charge is 0.389 e. The lowest BCUT2D eigenvalue weighted by atomic mass is 9.92. The van der Waals surface area contributed by atoms with E-state index < -0.39 is 12.2 Å². The molecular formula is C19H31N2O2P5. The molecule has 0 aliphatic heterocycles. The minimum Gasteiger partial charge on any atom is -0.389 e. The Balaban J connectivity index is 2.21. The Bertz CT molecular complexity index is 623. The number of aliphatic hydroxyl groups is 2. The monoisotopic (exact) mass is 474 g/mol. The molecule has 9 heteroatoms. The molecule has 2 N–H and O–H groups in total. The predicted octanol–water partition coefficient (Wildman–Crippen LogP) is 3.72. The topological polar surface area (TPSA) is 46.9 Å². The number of hydrogen-bond acceptors (Lipinski definition) is 4. The molecule has 2 aromatic carbocycles. The quantitative estimate of drug-likeness (QED) is 0.488. The van der Waals surface area contributed by atoms with E-state index in [1.807, 2.05) is 47.9 Å². The van der Waals surface area contributed by atoms with Crippen molar-refractivity contribution in [2.24, 2.45) is 0 Å². The lowest BCUT2D eigenvalue weighted by molar-refractivity contribution is -0.0382. The van der Waals surface area contributed by atoms with Gasteiger partial charge >= 0.3 is 0 Å². The van der Waals surface area contributed by atoms with Gasteiger partial charge in [-0.1, -0.05) is 87.9 Å². The van der Waals surface area contributed by atoms with E-state index in [-0.39, 0.29) is 12.1 Å². The van der Waals surface area contributed by atoms with Crippen LogP contribution in [0.3, 0.4) is 0 Å². The van der Waals surface area contributed by atoms with E-state index in [9.17, 15) is 10.2 Å². The van der Waals surface area contributed by atoms with Gasteiger partial charge in [-0.2, -0.15) is 0 Å². The van der Waals surface area contributed by atoms with E-state index in [1.165, 1.54) is 0 Å². The molecule has 0 aromatic heterocycles. The van der Waals surface area contributed by atoms with Crippen LogP contribution in [0.5, 0.6) is 0 Å². The molecule has 0 amide bonds. The van der Waals surface area contributed by atoms with Crippen molar-refractivity contribution in [1.29, 1.82) is 0 Å². The fourth-order valence-electron chi connectivity index (χ4n) is 3.23. The van der Waals surface area contributed by atoms with Crippen molar-refractivity contribution in [3.05, 3.63) is 71.8 Å². The summed E-state index contributed by atoms with van der Waals surface area (Å²) in [5.41, 5.74) is 2.31. The van der Waals surface area contributed by atoms with E-state index in [4.69, 9.17) is 0 Å². The van der Waals surface area contributed by atoms with Crippen LogP contribution in [0.25, 0.3) is 0 Å². The van der Waals surface area contributed by atoms with Gasteiger partial charge in [-0.25, -0.2) is 0 Å². The third kappa shape index (κ3) is 7.29. The Morgan fingerprint density at radius 1 is 0.786 bits per heavy atom. The summed E-state index contributed by atoms with van der Waals surface area (Å²) in [6, 6.07) is 19.9. The van der Waals surface area contributed by atoms with Gasteiger partial charge < -0.3 is 10.2 Å². The van der Waals surface area contributed by atoms with Crippen LogP contribution in [0.1, 0.15) is 11.1 Å². The number of hydrogen-bond donors (Lipinski definition) is 2. The first-order valence-corrected chi connectivity index (χ1v) is 15.1. The van der Waals surface area contributed by atoms with Gasteiger partial charge in [0.15, 0.2) is 0 Å². The van der Waals surface area contributed by atoms with Crippen LogP contribution in [-0.4, -0.2) is 50.7 Å². The normalized spacial score (nSPS) is 17.0. The number of benzene rings is 2. The molecule has 0 fully saturated rings. The molecule has 0 aliphatic carbocycles. The van der Waals surface area contributed by atoms with E-state index in [2.05, 4.69) is 56.2 Å². The van der Waals surface area contributed by atoms with Crippen molar-refractivity contribution in [1.82, 2.24) is 9.11 Å². The molecule has 0 saturated carbocycles. The molecule has 2 aromatic rings. The van der Waals surface area contributed by atoms with Crippen molar-refractivity contribution in [3.8, 4) is 0 Å². The number of aliphatic hydroxyl groups excluding tert-OH is 2. The van der Waals surface area contributed by atoms with Crippen molar-refractivity contribution < 1.29 is 10.2 Å². The van der Waals surface area contributed by atoms with E-state index in [0.717, 1.165) is 11.1 Å². The van der Waals surface area contributed by atoms with Crippen molar-refractivity contribution >= 4 is 44.1 Å². The second kappa shape index (κ2) is 13.0. The summed E-state index contributed by atoms with van der Waals surface area (Å²) >= 11 is 0. The maximum absolute atomic E-state index is 11.2. The maximum atomic E-state index is 11.2. The Morgan fingerprint density at radius 2 is 1.21 bits per heavy atom. The molecule has 28 heavy (non-hydrogen) atoms. The van der Waals surface area contributed by atoms with Crippen molar-refractivity contribution in [2.75, 3.05) is 7.05 Å². The summed E-state index contributed by atoms with van der Waals surface area (Å²) in [5.74, 6) is 0. The Labute approximate surface area is 179 Å². The maximum Gasteiger partial charge on any atom is 0.0979 e. The summed E-state index contributed by atoms with van der Waals surface area (Å²) in [4.78, 5) is 0. The predicted molar refractivity (Wildman–Crippen MR) is 135 cm³/mol. The fraction of sp³-hybridized carbons (Fsp3) is 0.368. The van der Waals surface area contributed by atoms with Gasteiger partial charge in [-0.15, -0.1) is 0 Å². The lowest BCUT2D eigenvalue weighted by Gasteiger charge is -2.39. The number of nitrogens with zero attached hydrogens (tertiary/aromatic N) is 2. The van der Waals surface area contributed by atoms with Gasteiger partial charge in [0, 0.05) is 12.1 Å². The van der Waals surface area contributed by atoms with E-state index >= 15 is 0 Å². The third-order valence-corrected chi connectivity index (χ3v) is 10.1. The molecule has 0 aliphatic rings. The van der Waals surface area contributed by atoms with Crippen LogP contribution in [0.4, 0.5) is 0 Å². The molecule has 0 spiro atoms. The Kier molecular flexibility index (Phi) is 11.4. The molecule has 0 radical (unpaired) electrons. The first-order chi connectivity index (χ1) is 13.5. The number of rotatable bonds is 11. The van der Waals surface area contributed by atoms with Gasteiger partial charge in [0.2, 0.25) is 0 Å². The average Bonchev–Trinajstić information content (AvgIpc) is 2.75. The third-order valence-electron chi connectivity index (χ3n) is 4.92. The molecule has 4 nitrogen and oxygen atoms in total. The Morgan fingerprint density at radius 3 is 1.64 bits per heavy atom. The van der Waals surface area contributed by atoms with Crippen LogP contribution in [0.2, 0.25) is 0 Å². The van der Waals surface area contributed by atoms with E-state index in [1.54, 1.807) is 0 Å². The average molecular weight is 474 g/mol. The summed E-state index contributed by atoms with van der Waals surface area (Å²) in [7, 11) is 11.1. The van der Waals surface area contributed by atoms with Crippen LogP contribution >= 0.6 is 44.1 Å². The van der Waals surface area contributed by atoms with Crippen molar-refractivity contribution in [3.63, 3.8) is 0 Å². The van der Waals surface area contributed by atoms with E-state index in [0.29, 0.717) is 29.7 Å². The van der Waals surface area contributed by atoms with Crippen LogP contribution in [-0.2, 0) is 12.8 Å². The summed E-state index contributed by atoms with van der Waals surface area (Å²) in [5, 5.41) is 22.4. The van der Waals surface area contributed by atoms with Gasteiger partial charge in [0.1, 0.15) is 0 Å². The van der Waals surface area contributed by atoms with Crippen LogP contribution < -0.4 is 0 Å². The highest BCUT2D eigenvalue weighted by molar-refractivity contribution is 8.02. The van der Waals surface area contributed by atoms with Gasteiger partial charge in [-0.05, 0) is 47.9 Å². The van der Waals surface area contributed by atoms with Gasteiger partial charge in [0.25, 0.3) is 0 Å². The molecule has 5 unspecified atom stereocenters. The molecule has 0 saturated heterocycles. The zero-order chi connectivity index (χ0) is 20.5. The van der Waals surface area contributed by atoms with Crippen molar-refractivity contribution in [2.45, 2.75) is 37.1 Å². The minimum absolute atomic E-state index is 0.169. The zero-order valence-corrected chi connectivity index (χ0v) is 21.5. The molecule has 0 heterocycles. The molecule has 2 rings (SSSR count). The lowest BCUT2D eigenvalue weighted by Crippen LogP contribution is -2.52. The Hall–Kier alpha value is 0.430. The molecule has 0 bridgehead atoms. The standard InChI is InChI=1S/C19H31N2O2P5/c1-20(27-25)16(12-14-8-4-2-5-9-14)18(22)19(23)17(21(24)28-26)13-15-10-6-3-7-11-15/h2-11,16-19,22-23,27-28H,12-13,24-26H2,1H3/t16-,17-,18+,19+/m0/s1.